The van der Waals surface area contributed by atoms with Gasteiger partial charge < -0.3 is 15.5 Å². The molecule has 1 aliphatic rings. The molecule has 1 saturated heterocycles. The van der Waals surface area contributed by atoms with Gasteiger partial charge in [0.2, 0.25) is 5.91 Å². The Morgan fingerprint density at radius 3 is 2.53 bits per heavy atom. The predicted octanol–water partition coefficient (Wildman–Crippen LogP) is 1.08. The van der Waals surface area contributed by atoms with Crippen LogP contribution in [0.3, 0.4) is 0 Å². The fourth-order valence-electron chi connectivity index (χ4n) is 2.24. The van der Waals surface area contributed by atoms with Crippen molar-refractivity contribution in [2.75, 3.05) is 25.5 Å². The number of rotatable bonds is 3. The van der Waals surface area contributed by atoms with Gasteiger partial charge in [0.15, 0.2) is 0 Å². The van der Waals surface area contributed by atoms with Gasteiger partial charge in [0.25, 0.3) is 5.91 Å². The van der Waals surface area contributed by atoms with Crippen molar-refractivity contribution in [3.63, 3.8) is 0 Å². The lowest BCUT2D eigenvalue weighted by atomic mass is 10.1. The van der Waals surface area contributed by atoms with E-state index in [0.29, 0.717) is 11.3 Å². The lowest BCUT2D eigenvalue weighted by molar-refractivity contribution is -0.114. The molecule has 5 nitrogen and oxygen atoms in total. The standard InChI is InChI=1S/C14H19N3O2/c1-10(18)16-12-5-3-11(4-6-12)14(19)17(2)13-7-8-15-9-13/h3-6,13,15H,7-9H2,1-2H3,(H,16,18). The van der Waals surface area contributed by atoms with Crippen LogP contribution in [0.2, 0.25) is 0 Å². The summed E-state index contributed by atoms with van der Waals surface area (Å²) in [6.07, 6.45) is 0.992. The highest BCUT2D eigenvalue weighted by Gasteiger charge is 2.23. The van der Waals surface area contributed by atoms with E-state index in [1.165, 1.54) is 6.92 Å². The van der Waals surface area contributed by atoms with Gasteiger partial charge in [0.1, 0.15) is 0 Å². The van der Waals surface area contributed by atoms with Crippen LogP contribution in [0.4, 0.5) is 5.69 Å². The van der Waals surface area contributed by atoms with Crippen molar-refractivity contribution in [1.82, 2.24) is 10.2 Å². The maximum absolute atomic E-state index is 12.3. The topological polar surface area (TPSA) is 61.4 Å². The van der Waals surface area contributed by atoms with Gasteiger partial charge in [-0.05, 0) is 37.2 Å². The van der Waals surface area contributed by atoms with Crippen molar-refractivity contribution >= 4 is 17.5 Å². The third kappa shape index (κ3) is 3.32. The number of likely N-dealkylation sites (N-methyl/N-ethyl adjacent to an activating group) is 1. The predicted molar refractivity (Wildman–Crippen MR) is 74.1 cm³/mol. The molecule has 0 radical (unpaired) electrons. The summed E-state index contributed by atoms with van der Waals surface area (Å²) in [6.45, 7) is 3.27. The zero-order valence-corrected chi connectivity index (χ0v) is 11.3. The molecule has 0 aliphatic carbocycles. The van der Waals surface area contributed by atoms with Crippen LogP contribution >= 0.6 is 0 Å². The smallest absolute Gasteiger partial charge is 0.253 e. The number of carbonyl (C=O) groups is 2. The molecule has 1 unspecified atom stereocenters. The summed E-state index contributed by atoms with van der Waals surface area (Å²) in [5, 5.41) is 5.93. The molecule has 1 aromatic carbocycles. The molecule has 0 bridgehead atoms. The van der Waals surface area contributed by atoms with E-state index in [4.69, 9.17) is 0 Å². The first-order chi connectivity index (χ1) is 9.08. The highest BCUT2D eigenvalue weighted by molar-refractivity contribution is 5.95. The third-order valence-electron chi connectivity index (χ3n) is 3.35. The van der Waals surface area contributed by atoms with Gasteiger partial charge in [-0.3, -0.25) is 9.59 Å². The van der Waals surface area contributed by atoms with Crippen LogP contribution in [0, 0.1) is 0 Å². The molecular weight excluding hydrogens is 242 g/mol. The molecule has 5 heteroatoms. The summed E-state index contributed by atoms with van der Waals surface area (Å²) in [5.41, 5.74) is 1.35. The van der Waals surface area contributed by atoms with Gasteiger partial charge in [-0.25, -0.2) is 0 Å². The zero-order chi connectivity index (χ0) is 13.8. The molecule has 1 atom stereocenters. The summed E-state index contributed by atoms with van der Waals surface area (Å²) < 4.78 is 0. The summed E-state index contributed by atoms with van der Waals surface area (Å²) >= 11 is 0. The third-order valence-corrected chi connectivity index (χ3v) is 3.35. The first kappa shape index (κ1) is 13.5. The Labute approximate surface area is 113 Å². The molecule has 102 valence electrons. The number of carbonyl (C=O) groups excluding carboxylic acids is 2. The number of nitrogens with one attached hydrogen (secondary N) is 2. The molecule has 0 aromatic heterocycles. The maximum Gasteiger partial charge on any atom is 0.253 e. The van der Waals surface area contributed by atoms with Crippen molar-refractivity contribution in [1.29, 1.82) is 0 Å². The van der Waals surface area contributed by atoms with Gasteiger partial charge >= 0.3 is 0 Å². The molecular formula is C14H19N3O2. The van der Waals surface area contributed by atoms with Crippen LogP contribution in [0.1, 0.15) is 23.7 Å². The Balaban J connectivity index is 2.04. The van der Waals surface area contributed by atoms with Crippen LogP contribution in [-0.4, -0.2) is 42.9 Å². The quantitative estimate of drug-likeness (QED) is 0.856. The lowest BCUT2D eigenvalue weighted by Gasteiger charge is -2.23. The van der Waals surface area contributed by atoms with Gasteiger partial charge in [-0.15, -0.1) is 0 Å². The van der Waals surface area contributed by atoms with E-state index >= 15 is 0 Å². The Morgan fingerprint density at radius 2 is 2.00 bits per heavy atom. The van der Waals surface area contributed by atoms with Crippen molar-refractivity contribution in [3.05, 3.63) is 29.8 Å². The first-order valence-electron chi connectivity index (χ1n) is 6.43. The Kier molecular flexibility index (Phi) is 4.16. The molecule has 2 N–H and O–H groups in total. The zero-order valence-electron chi connectivity index (χ0n) is 11.3. The largest absolute Gasteiger partial charge is 0.337 e. The number of anilines is 1. The van der Waals surface area contributed by atoms with Crippen LogP contribution in [-0.2, 0) is 4.79 Å². The van der Waals surface area contributed by atoms with Crippen LogP contribution in [0.15, 0.2) is 24.3 Å². The normalized spacial score (nSPS) is 18.1. The van der Waals surface area contributed by atoms with E-state index in [9.17, 15) is 9.59 Å². The fourth-order valence-corrected chi connectivity index (χ4v) is 2.24. The molecule has 0 saturated carbocycles. The lowest BCUT2D eigenvalue weighted by Crippen LogP contribution is -2.38. The monoisotopic (exact) mass is 261 g/mol. The van der Waals surface area contributed by atoms with Gasteiger partial charge in [0.05, 0.1) is 0 Å². The first-order valence-corrected chi connectivity index (χ1v) is 6.43. The minimum Gasteiger partial charge on any atom is -0.337 e. The Morgan fingerprint density at radius 1 is 1.32 bits per heavy atom. The number of nitrogens with zero attached hydrogens (tertiary/aromatic N) is 1. The summed E-state index contributed by atoms with van der Waals surface area (Å²) in [4.78, 5) is 25.0. The van der Waals surface area contributed by atoms with Crippen molar-refractivity contribution in [2.24, 2.45) is 0 Å². The number of hydrogen-bond donors (Lipinski definition) is 2. The molecule has 0 spiro atoms. The molecule has 1 aliphatic heterocycles. The summed E-state index contributed by atoms with van der Waals surface area (Å²) in [6, 6.07) is 7.24. The second-order valence-corrected chi connectivity index (χ2v) is 4.82. The molecule has 1 fully saturated rings. The molecule has 1 aromatic rings. The van der Waals surface area contributed by atoms with Crippen molar-refractivity contribution < 1.29 is 9.59 Å². The fraction of sp³-hybridized carbons (Fsp3) is 0.429. The second-order valence-electron chi connectivity index (χ2n) is 4.82. The van der Waals surface area contributed by atoms with Crippen LogP contribution < -0.4 is 10.6 Å². The van der Waals surface area contributed by atoms with E-state index in [1.54, 1.807) is 29.2 Å². The number of hydrogen-bond acceptors (Lipinski definition) is 3. The van der Waals surface area contributed by atoms with E-state index in [1.807, 2.05) is 7.05 Å². The minimum absolute atomic E-state index is 0.0167. The van der Waals surface area contributed by atoms with Gasteiger partial charge in [-0.1, -0.05) is 0 Å². The molecule has 1 heterocycles. The Hall–Kier alpha value is -1.88. The highest BCUT2D eigenvalue weighted by atomic mass is 16.2. The van der Waals surface area contributed by atoms with Gasteiger partial charge in [-0.2, -0.15) is 0 Å². The average molecular weight is 261 g/mol. The second kappa shape index (κ2) is 5.84. The van der Waals surface area contributed by atoms with E-state index in [0.717, 1.165) is 19.5 Å². The number of benzene rings is 1. The Bertz CT molecular complexity index is 464. The molecule has 2 amide bonds. The van der Waals surface area contributed by atoms with Crippen LogP contribution in [0.5, 0.6) is 0 Å². The minimum atomic E-state index is -0.117. The van der Waals surface area contributed by atoms with Crippen molar-refractivity contribution in [2.45, 2.75) is 19.4 Å². The van der Waals surface area contributed by atoms with Crippen LogP contribution in [0.25, 0.3) is 0 Å². The average Bonchev–Trinajstić information content (AvgIpc) is 2.91. The maximum atomic E-state index is 12.3. The van der Waals surface area contributed by atoms with E-state index in [2.05, 4.69) is 10.6 Å². The highest BCUT2D eigenvalue weighted by Crippen LogP contribution is 2.14. The molecule has 2 rings (SSSR count). The summed E-state index contributed by atoms with van der Waals surface area (Å²) in [5.74, 6) is -0.101. The SMILES string of the molecule is CC(=O)Nc1ccc(C(=O)N(C)C2CCNC2)cc1. The van der Waals surface area contributed by atoms with Crippen molar-refractivity contribution in [3.8, 4) is 0 Å². The van der Waals surface area contributed by atoms with E-state index < -0.39 is 0 Å². The van der Waals surface area contributed by atoms with E-state index in [-0.39, 0.29) is 17.9 Å². The number of amides is 2. The molecule has 19 heavy (non-hydrogen) atoms. The summed E-state index contributed by atoms with van der Waals surface area (Å²) in [7, 11) is 1.84. The van der Waals surface area contributed by atoms with Gasteiger partial charge in [0, 0.05) is 37.8 Å².